The first-order chi connectivity index (χ1) is 30.0. The molecule has 0 aromatic carbocycles. The molecule has 0 aliphatic rings. The van der Waals surface area contributed by atoms with E-state index in [-0.39, 0.29) is 32.0 Å². The first-order valence-electron chi connectivity index (χ1n) is 25.7. The van der Waals surface area contributed by atoms with E-state index in [0.717, 1.165) is 70.6 Å². The van der Waals surface area contributed by atoms with Crippen LogP contribution in [0.3, 0.4) is 0 Å². The fourth-order valence-corrected chi connectivity index (χ4v) is 7.95. The lowest BCUT2D eigenvalue weighted by Crippen LogP contribution is -2.37. The number of likely N-dealkylation sites (N-methyl/N-ethyl adjacent to an activating group) is 1. The number of phosphoric acid groups is 1. The Balaban J connectivity index is 4.20. The van der Waals surface area contributed by atoms with Crippen molar-refractivity contribution in [2.75, 3.05) is 47.5 Å². The maximum atomic E-state index is 12.8. The Bertz CT molecular complexity index is 1150. The third kappa shape index (κ3) is 47.7. The quantitative estimate of drug-likeness (QED) is 0.0212. The van der Waals surface area contributed by atoms with Crippen LogP contribution in [0.5, 0.6) is 0 Å². The van der Waals surface area contributed by atoms with Crippen molar-refractivity contribution in [1.82, 2.24) is 0 Å². The third-order valence-electron chi connectivity index (χ3n) is 11.2. The molecule has 364 valence electrons. The molecule has 0 aliphatic heterocycles. The number of allylic oxidation sites excluding steroid dienone is 6. The number of ether oxygens (including phenoxy) is 2. The topological polar surface area (TPSA) is 108 Å². The highest BCUT2D eigenvalue weighted by molar-refractivity contribution is 7.47. The number of hydrogen-bond acceptors (Lipinski definition) is 7. The molecule has 0 saturated carbocycles. The Kier molecular flexibility index (Phi) is 43.2. The zero-order valence-electron chi connectivity index (χ0n) is 41.1. The van der Waals surface area contributed by atoms with E-state index in [1.165, 1.54) is 128 Å². The third-order valence-corrected chi connectivity index (χ3v) is 12.2. The zero-order valence-corrected chi connectivity index (χ0v) is 42.0. The number of unbranched alkanes of at least 4 members (excludes halogenated alkanes) is 27. The van der Waals surface area contributed by atoms with Crippen LogP contribution in [0.2, 0.25) is 0 Å². The van der Waals surface area contributed by atoms with Crippen molar-refractivity contribution in [3.8, 4) is 0 Å². The Morgan fingerprint density at radius 3 is 1.37 bits per heavy atom. The van der Waals surface area contributed by atoms with Crippen LogP contribution in [0.1, 0.15) is 232 Å². The van der Waals surface area contributed by atoms with Gasteiger partial charge in [0.05, 0.1) is 27.7 Å². The molecular weight excluding hydrogens is 798 g/mol. The van der Waals surface area contributed by atoms with Gasteiger partial charge in [0.1, 0.15) is 19.8 Å². The van der Waals surface area contributed by atoms with Gasteiger partial charge in [-0.1, -0.05) is 211 Å². The van der Waals surface area contributed by atoms with Gasteiger partial charge in [-0.15, -0.1) is 0 Å². The fraction of sp³-hybridized carbons (Fsp3) is 0.846. The standard InChI is InChI=1S/C52H98NO8P/c1-6-8-10-12-14-16-18-20-22-23-24-25-26-27-28-29-31-33-35-37-39-41-43-45-52(55)61-50(49-60-62(56,57)59-47-46-53(3,4)5)48-58-51(54)44-42-40-38-36-34-32-30-21-19-17-15-13-11-9-7-2/h9,11,15,17,21,30,50H,6-8,10,12-14,16,18-20,22-29,31-49H2,1-5H3/p+1/b11-9+,17-15+,30-21+/t50-/m1/s1. The van der Waals surface area contributed by atoms with Crippen LogP contribution in [-0.4, -0.2) is 74.9 Å². The normalized spacial score (nSPS) is 13.7. The van der Waals surface area contributed by atoms with Crippen LogP contribution in [0, 0.1) is 0 Å². The van der Waals surface area contributed by atoms with Gasteiger partial charge in [-0.2, -0.15) is 0 Å². The van der Waals surface area contributed by atoms with Crippen molar-refractivity contribution < 1.29 is 42.1 Å². The number of esters is 2. The Labute approximate surface area is 382 Å². The van der Waals surface area contributed by atoms with Crippen molar-refractivity contribution in [2.45, 2.75) is 238 Å². The Morgan fingerprint density at radius 2 is 0.919 bits per heavy atom. The second-order valence-corrected chi connectivity index (χ2v) is 20.0. The number of quaternary nitrogens is 1. The van der Waals surface area contributed by atoms with Crippen LogP contribution in [0.15, 0.2) is 36.5 Å². The highest BCUT2D eigenvalue weighted by Gasteiger charge is 2.27. The molecule has 1 N–H and O–H groups in total. The van der Waals surface area contributed by atoms with E-state index in [0.29, 0.717) is 17.4 Å². The van der Waals surface area contributed by atoms with Crippen LogP contribution >= 0.6 is 7.82 Å². The van der Waals surface area contributed by atoms with Gasteiger partial charge in [0.15, 0.2) is 6.10 Å². The molecule has 10 heteroatoms. The second-order valence-electron chi connectivity index (χ2n) is 18.5. The first-order valence-corrected chi connectivity index (χ1v) is 27.2. The summed E-state index contributed by atoms with van der Waals surface area (Å²) in [5, 5.41) is 0. The largest absolute Gasteiger partial charge is 0.472 e. The summed E-state index contributed by atoms with van der Waals surface area (Å²) in [6, 6.07) is 0. The number of nitrogens with zero attached hydrogens (tertiary/aromatic N) is 1. The number of phosphoric ester groups is 1. The molecule has 62 heavy (non-hydrogen) atoms. The SMILES string of the molecule is CC/C=C/C/C=C/C/C=C/CCCCCCCC(=O)OC[C@H](COP(=O)(O)OCC[N+](C)(C)C)OC(=O)CCCCCCCCCCCCCCCCCCCCCCCCC. The lowest BCUT2D eigenvalue weighted by Gasteiger charge is -2.24. The summed E-state index contributed by atoms with van der Waals surface area (Å²) in [4.78, 5) is 35.5. The highest BCUT2D eigenvalue weighted by atomic mass is 31.2. The summed E-state index contributed by atoms with van der Waals surface area (Å²) in [7, 11) is 1.47. The average Bonchev–Trinajstić information content (AvgIpc) is 3.23. The molecule has 0 rings (SSSR count). The maximum Gasteiger partial charge on any atom is 0.472 e. The van der Waals surface area contributed by atoms with Gasteiger partial charge < -0.3 is 18.9 Å². The number of carbonyl (C=O) groups excluding carboxylic acids is 2. The van der Waals surface area contributed by atoms with Crippen molar-refractivity contribution in [3.05, 3.63) is 36.5 Å². The second kappa shape index (κ2) is 44.4. The molecule has 2 atom stereocenters. The molecule has 0 spiro atoms. The molecule has 0 aromatic heterocycles. The Hall–Kier alpha value is -1.77. The van der Waals surface area contributed by atoms with E-state index in [4.69, 9.17) is 18.5 Å². The molecule has 9 nitrogen and oxygen atoms in total. The summed E-state index contributed by atoms with van der Waals surface area (Å²) < 4.78 is 34.4. The van der Waals surface area contributed by atoms with Gasteiger partial charge in [0, 0.05) is 12.8 Å². The molecule has 0 saturated heterocycles. The summed E-state index contributed by atoms with van der Waals surface area (Å²) in [6.07, 6.45) is 52.0. The fourth-order valence-electron chi connectivity index (χ4n) is 7.21. The lowest BCUT2D eigenvalue weighted by atomic mass is 10.0. The van der Waals surface area contributed by atoms with E-state index >= 15 is 0 Å². The minimum absolute atomic E-state index is 0.0297. The predicted octanol–water partition coefficient (Wildman–Crippen LogP) is 15.3. The van der Waals surface area contributed by atoms with Crippen LogP contribution in [0.4, 0.5) is 0 Å². The van der Waals surface area contributed by atoms with E-state index < -0.39 is 26.5 Å². The van der Waals surface area contributed by atoms with Crippen LogP contribution in [0.25, 0.3) is 0 Å². The van der Waals surface area contributed by atoms with Crippen molar-refractivity contribution in [3.63, 3.8) is 0 Å². The summed E-state index contributed by atoms with van der Waals surface area (Å²) >= 11 is 0. The number of rotatable bonds is 47. The molecular formula is C52H99NO8P+. The first kappa shape index (κ1) is 60.2. The van der Waals surface area contributed by atoms with Crippen LogP contribution in [-0.2, 0) is 32.7 Å². The highest BCUT2D eigenvalue weighted by Crippen LogP contribution is 2.43. The van der Waals surface area contributed by atoms with E-state index in [1.807, 2.05) is 21.1 Å². The van der Waals surface area contributed by atoms with Gasteiger partial charge in [-0.3, -0.25) is 18.6 Å². The van der Waals surface area contributed by atoms with Crippen molar-refractivity contribution >= 4 is 19.8 Å². The molecule has 0 bridgehead atoms. The van der Waals surface area contributed by atoms with Crippen molar-refractivity contribution in [1.29, 1.82) is 0 Å². The average molecular weight is 897 g/mol. The minimum atomic E-state index is -4.38. The van der Waals surface area contributed by atoms with Gasteiger partial charge in [0.2, 0.25) is 0 Å². The van der Waals surface area contributed by atoms with E-state index in [2.05, 4.69) is 50.3 Å². The molecule has 0 radical (unpaired) electrons. The zero-order chi connectivity index (χ0) is 45.7. The summed E-state index contributed by atoms with van der Waals surface area (Å²) in [6.45, 7) is 4.33. The van der Waals surface area contributed by atoms with Crippen molar-refractivity contribution in [2.24, 2.45) is 0 Å². The van der Waals surface area contributed by atoms with Gasteiger partial charge >= 0.3 is 19.8 Å². The lowest BCUT2D eigenvalue weighted by molar-refractivity contribution is -0.870. The molecule has 0 heterocycles. The van der Waals surface area contributed by atoms with Gasteiger partial charge in [-0.05, 0) is 44.9 Å². The smallest absolute Gasteiger partial charge is 0.462 e. The number of hydrogen-bond donors (Lipinski definition) is 1. The number of carbonyl (C=O) groups is 2. The molecule has 1 unspecified atom stereocenters. The van der Waals surface area contributed by atoms with Gasteiger partial charge in [0.25, 0.3) is 0 Å². The van der Waals surface area contributed by atoms with E-state index in [9.17, 15) is 19.0 Å². The minimum Gasteiger partial charge on any atom is -0.462 e. The summed E-state index contributed by atoms with van der Waals surface area (Å²) in [5.41, 5.74) is 0. The molecule has 0 amide bonds. The molecule has 0 aliphatic carbocycles. The van der Waals surface area contributed by atoms with Gasteiger partial charge in [-0.25, -0.2) is 4.57 Å². The monoisotopic (exact) mass is 897 g/mol. The molecule has 0 fully saturated rings. The summed E-state index contributed by atoms with van der Waals surface area (Å²) in [5.74, 6) is -0.809. The maximum absolute atomic E-state index is 12.8. The van der Waals surface area contributed by atoms with Crippen LogP contribution < -0.4 is 0 Å². The Morgan fingerprint density at radius 1 is 0.516 bits per heavy atom. The predicted molar refractivity (Wildman–Crippen MR) is 261 cm³/mol. The molecule has 0 aromatic rings. The van der Waals surface area contributed by atoms with E-state index in [1.54, 1.807) is 0 Å².